The summed E-state index contributed by atoms with van der Waals surface area (Å²) < 4.78 is 65.6. The maximum absolute atomic E-state index is 14.3. The van der Waals surface area contributed by atoms with Crippen molar-refractivity contribution in [1.82, 2.24) is 10.2 Å². The standard InChI is InChI=1S/C21H28F5N3O3/c1-20(2,3)29(19(31)32)16-8-7-12(14-5-4-6-15(22)17(14)23)10-27-18(16)28-11-13(30)9-21(24,25)26/h4-6,12-13,16,30H,7-11H2,1-3H3,(H,27,28)(H,31,32)/t12-,13?,16-/m1/s1. The van der Waals surface area contributed by atoms with Crippen LogP contribution in [0.4, 0.5) is 26.7 Å². The summed E-state index contributed by atoms with van der Waals surface area (Å²) in [5.74, 6) is -2.49. The molecule has 0 aliphatic carbocycles. The van der Waals surface area contributed by atoms with Crippen molar-refractivity contribution in [2.24, 2.45) is 4.99 Å². The normalized spacial score (nSPS) is 20.8. The Morgan fingerprint density at radius 3 is 2.47 bits per heavy atom. The highest BCUT2D eigenvalue weighted by Crippen LogP contribution is 2.31. The lowest BCUT2D eigenvalue weighted by Crippen LogP contribution is -2.57. The smallest absolute Gasteiger partial charge is 0.408 e. The lowest BCUT2D eigenvalue weighted by Gasteiger charge is -2.40. The fourth-order valence-electron chi connectivity index (χ4n) is 3.87. The number of alkyl halides is 3. The van der Waals surface area contributed by atoms with Gasteiger partial charge in [-0.2, -0.15) is 13.2 Å². The Hall–Kier alpha value is -2.43. The molecule has 1 aliphatic heterocycles. The van der Waals surface area contributed by atoms with E-state index in [2.05, 4.69) is 10.3 Å². The van der Waals surface area contributed by atoms with Gasteiger partial charge in [-0.3, -0.25) is 9.89 Å². The van der Waals surface area contributed by atoms with E-state index < -0.39 is 60.5 Å². The van der Waals surface area contributed by atoms with Crippen LogP contribution in [-0.4, -0.2) is 64.0 Å². The Bertz CT molecular complexity index is 839. The summed E-state index contributed by atoms with van der Waals surface area (Å²) in [6, 6.07) is 2.91. The van der Waals surface area contributed by atoms with Gasteiger partial charge in [0, 0.05) is 24.5 Å². The van der Waals surface area contributed by atoms with Crippen LogP contribution in [0.25, 0.3) is 0 Å². The van der Waals surface area contributed by atoms with E-state index in [4.69, 9.17) is 0 Å². The second kappa shape index (κ2) is 10.0. The van der Waals surface area contributed by atoms with Gasteiger partial charge >= 0.3 is 12.3 Å². The minimum Gasteiger partial charge on any atom is -0.465 e. The number of nitrogens with zero attached hydrogens (tertiary/aromatic N) is 2. The molecular weight excluding hydrogens is 437 g/mol. The molecule has 1 heterocycles. The van der Waals surface area contributed by atoms with E-state index in [1.807, 2.05) is 0 Å². The lowest BCUT2D eigenvalue weighted by atomic mass is 9.91. The van der Waals surface area contributed by atoms with Crippen LogP contribution in [0, 0.1) is 11.6 Å². The van der Waals surface area contributed by atoms with Gasteiger partial charge in [0.15, 0.2) is 11.6 Å². The molecule has 1 aromatic rings. The zero-order chi connectivity index (χ0) is 24.3. The van der Waals surface area contributed by atoms with Crippen molar-refractivity contribution >= 4 is 11.9 Å². The molecule has 3 N–H and O–H groups in total. The maximum atomic E-state index is 14.3. The molecule has 0 fully saturated rings. The van der Waals surface area contributed by atoms with Gasteiger partial charge in [0.05, 0.1) is 18.6 Å². The third-order valence-electron chi connectivity index (χ3n) is 5.23. The van der Waals surface area contributed by atoms with Crippen LogP contribution in [0.5, 0.6) is 0 Å². The highest BCUT2D eigenvalue weighted by molar-refractivity contribution is 5.90. The molecule has 0 bridgehead atoms. The van der Waals surface area contributed by atoms with Crippen LogP contribution in [0.2, 0.25) is 0 Å². The molecule has 0 saturated heterocycles. The summed E-state index contributed by atoms with van der Waals surface area (Å²) in [5, 5.41) is 22.2. The molecule has 0 aromatic heterocycles. The molecule has 2 rings (SSSR count). The van der Waals surface area contributed by atoms with Crippen molar-refractivity contribution in [3.05, 3.63) is 35.4 Å². The number of carbonyl (C=O) groups is 1. The van der Waals surface area contributed by atoms with Gasteiger partial charge < -0.3 is 15.5 Å². The molecule has 1 unspecified atom stereocenters. The molecule has 0 spiro atoms. The third-order valence-corrected chi connectivity index (χ3v) is 5.23. The van der Waals surface area contributed by atoms with Gasteiger partial charge in [-0.25, -0.2) is 13.6 Å². The van der Waals surface area contributed by atoms with E-state index in [9.17, 15) is 37.0 Å². The van der Waals surface area contributed by atoms with Crippen LogP contribution in [0.1, 0.15) is 51.5 Å². The SMILES string of the molecule is CC(C)(C)N(C(=O)O)[C@@H]1CC[C@@H](c2cccc(F)c2F)CN=C1NCC(O)CC(F)(F)F. The predicted molar refractivity (Wildman–Crippen MR) is 109 cm³/mol. The average molecular weight is 465 g/mol. The fraction of sp³-hybridized carbons (Fsp3) is 0.619. The molecule has 3 atom stereocenters. The van der Waals surface area contributed by atoms with Crippen LogP contribution in [0.15, 0.2) is 23.2 Å². The number of aliphatic hydroxyl groups excluding tert-OH is 1. The van der Waals surface area contributed by atoms with Crippen LogP contribution in [-0.2, 0) is 0 Å². The number of aliphatic hydroxyl groups is 1. The van der Waals surface area contributed by atoms with E-state index >= 15 is 0 Å². The van der Waals surface area contributed by atoms with E-state index in [0.29, 0.717) is 0 Å². The van der Waals surface area contributed by atoms with Gasteiger partial charge in [0.1, 0.15) is 5.84 Å². The number of carboxylic acid groups (broad SMARTS) is 1. The summed E-state index contributed by atoms with van der Waals surface area (Å²) >= 11 is 0. The zero-order valence-corrected chi connectivity index (χ0v) is 18.1. The molecule has 6 nitrogen and oxygen atoms in total. The number of hydrogen-bond acceptors (Lipinski definition) is 4. The van der Waals surface area contributed by atoms with Gasteiger partial charge in [-0.05, 0) is 45.2 Å². The molecule has 0 saturated carbocycles. The van der Waals surface area contributed by atoms with Crippen LogP contribution < -0.4 is 5.32 Å². The van der Waals surface area contributed by atoms with Gasteiger partial charge in [0.2, 0.25) is 0 Å². The minimum atomic E-state index is -4.57. The van der Waals surface area contributed by atoms with Crippen LogP contribution >= 0.6 is 0 Å². The summed E-state index contributed by atoms with van der Waals surface area (Å²) in [4.78, 5) is 17.5. The fourth-order valence-corrected chi connectivity index (χ4v) is 3.87. The monoisotopic (exact) mass is 465 g/mol. The third kappa shape index (κ3) is 6.78. The number of rotatable bonds is 5. The Morgan fingerprint density at radius 1 is 1.25 bits per heavy atom. The van der Waals surface area contributed by atoms with Gasteiger partial charge in [-0.15, -0.1) is 0 Å². The average Bonchev–Trinajstić information content (AvgIpc) is 2.82. The number of aliphatic imine (C=N–C) groups is 1. The molecule has 1 aromatic carbocycles. The van der Waals surface area contributed by atoms with Crippen molar-refractivity contribution in [2.45, 2.75) is 69.8 Å². The number of hydrogen-bond donors (Lipinski definition) is 3. The topological polar surface area (TPSA) is 85.2 Å². The van der Waals surface area contributed by atoms with E-state index in [-0.39, 0.29) is 30.8 Å². The summed E-state index contributed by atoms with van der Waals surface area (Å²) in [6.45, 7) is 4.46. The Labute approximate surface area is 183 Å². The first-order valence-corrected chi connectivity index (χ1v) is 10.2. The maximum Gasteiger partial charge on any atom is 0.408 e. The lowest BCUT2D eigenvalue weighted by molar-refractivity contribution is -0.152. The minimum absolute atomic E-state index is 0.0217. The second-order valence-electron chi connectivity index (χ2n) is 8.84. The Morgan fingerprint density at radius 2 is 1.91 bits per heavy atom. The number of benzene rings is 1. The summed E-state index contributed by atoms with van der Waals surface area (Å²) in [7, 11) is 0. The number of halogens is 5. The molecule has 11 heteroatoms. The largest absolute Gasteiger partial charge is 0.465 e. The van der Waals surface area contributed by atoms with Crippen molar-refractivity contribution in [3.8, 4) is 0 Å². The highest BCUT2D eigenvalue weighted by Gasteiger charge is 2.38. The highest BCUT2D eigenvalue weighted by atomic mass is 19.4. The van der Waals surface area contributed by atoms with Crippen molar-refractivity contribution in [3.63, 3.8) is 0 Å². The molecule has 32 heavy (non-hydrogen) atoms. The zero-order valence-electron chi connectivity index (χ0n) is 18.1. The Balaban J connectivity index is 2.34. The van der Waals surface area contributed by atoms with Crippen molar-refractivity contribution in [2.75, 3.05) is 13.1 Å². The molecular formula is C21H28F5N3O3. The van der Waals surface area contributed by atoms with Crippen LogP contribution in [0.3, 0.4) is 0 Å². The van der Waals surface area contributed by atoms with E-state index in [1.54, 1.807) is 20.8 Å². The number of amidine groups is 1. The quantitative estimate of drug-likeness (QED) is 0.567. The molecule has 180 valence electrons. The summed E-state index contributed by atoms with van der Waals surface area (Å²) in [5.41, 5.74) is -0.781. The first kappa shape index (κ1) is 25.8. The Kier molecular flexibility index (Phi) is 8.08. The second-order valence-corrected chi connectivity index (χ2v) is 8.84. The first-order valence-electron chi connectivity index (χ1n) is 10.2. The van der Waals surface area contributed by atoms with Crippen molar-refractivity contribution < 1.29 is 37.0 Å². The van der Waals surface area contributed by atoms with Gasteiger partial charge in [0.25, 0.3) is 0 Å². The van der Waals surface area contributed by atoms with Gasteiger partial charge in [-0.1, -0.05) is 12.1 Å². The molecule has 1 aliphatic rings. The number of amides is 1. The first-order chi connectivity index (χ1) is 14.7. The van der Waals surface area contributed by atoms with E-state index in [0.717, 1.165) is 11.0 Å². The molecule has 0 radical (unpaired) electrons. The molecule has 1 amide bonds. The number of nitrogens with one attached hydrogen (secondary N) is 1. The summed E-state index contributed by atoms with van der Waals surface area (Å²) in [6.07, 6.45) is -8.58. The van der Waals surface area contributed by atoms with E-state index in [1.165, 1.54) is 12.1 Å². The van der Waals surface area contributed by atoms with Crippen molar-refractivity contribution in [1.29, 1.82) is 0 Å². The predicted octanol–water partition coefficient (Wildman–Crippen LogP) is 4.29.